The molecule has 1 atom stereocenters. The Kier molecular flexibility index (Phi) is 4.70. The first kappa shape index (κ1) is 14.2. The second-order valence-electron chi connectivity index (χ2n) is 5.59. The van der Waals surface area contributed by atoms with Crippen LogP contribution in [0.2, 0.25) is 0 Å². The Hall–Kier alpha value is -1.22. The van der Waals surface area contributed by atoms with Crippen molar-refractivity contribution in [3.05, 3.63) is 23.8 Å². The van der Waals surface area contributed by atoms with Gasteiger partial charge in [-0.3, -0.25) is 0 Å². The normalized spacial score (nSPS) is 24.8. The highest BCUT2D eigenvalue weighted by molar-refractivity contribution is 5.43. The van der Waals surface area contributed by atoms with Crippen LogP contribution < -0.4 is 9.47 Å². The predicted octanol–water partition coefficient (Wildman–Crippen LogP) is 3.71. The van der Waals surface area contributed by atoms with Gasteiger partial charge in [-0.2, -0.15) is 0 Å². The van der Waals surface area contributed by atoms with E-state index in [2.05, 4.69) is 6.92 Å². The quantitative estimate of drug-likeness (QED) is 0.901. The van der Waals surface area contributed by atoms with Crippen molar-refractivity contribution in [3.63, 3.8) is 0 Å². The molecule has 1 N–H and O–H groups in total. The van der Waals surface area contributed by atoms with Crippen molar-refractivity contribution in [2.24, 2.45) is 5.92 Å². The first-order chi connectivity index (χ1) is 9.10. The van der Waals surface area contributed by atoms with Gasteiger partial charge in [-0.25, -0.2) is 0 Å². The largest absolute Gasteiger partial charge is 0.493 e. The number of methoxy groups -OCH3 is 1. The molecule has 0 spiro atoms. The Balaban J connectivity index is 2.07. The molecule has 0 amide bonds. The predicted molar refractivity (Wildman–Crippen MR) is 75.7 cm³/mol. The lowest BCUT2D eigenvalue weighted by molar-refractivity contribution is 0.131. The van der Waals surface area contributed by atoms with Crippen LogP contribution in [0.3, 0.4) is 0 Å². The maximum atomic E-state index is 9.59. The van der Waals surface area contributed by atoms with Gasteiger partial charge in [0.05, 0.1) is 19.3 Å². The Labute approximate surface area is 115 Å². The van der Waals surface area contributed by atoms with Gasteiger partial charge in [0.2, 0.25) is 0 Å². The van der Waals surface area contributed by atoms with Crippen LogP contribution in [-0.2, 0) is 0 Å². The lowest BCUT2D eigenvalue weighted by atomic mass is 9.89. The molecular weight excluding hydrogens is 240 g/mol. The molecule has 0 saturated heterocycles. The van der Waals surface area contributed by atoms with E-state index < -0.39 is 6.10 Å². The van der Waals surface area contributed by atoms with Gasteiger partial charge in [0.1, 0.15) is 0 Å². The van der Waals surface area contributed by atoms with E-state index in [1.165, 1.54) is 12.8 Å². The van der Waals surface area contributed by atoms with Crippen molar-refractivity contribution in [1.29, 1.82) is 0 Å². The van der Waals surface area contributed by atoms with Crippen LogP contribution in [0.1, 0.15) is 51.2 Å². The van der Waals surface area contributed by atoms with Gasteiger partial charge in [0.15, 0.2) is 11.5 Å². The minimum absolute atomic E-state index is 0.294. The van der Waals surface area contributed by atoms with Crippen molar-refractivity contribution in [1.82, 2.24) is 0 Å². The second kappa shape index (κ2) is 6.29. The van der Waals surface area contributed by atoms with E-state index in [1.54, 1.807) is 14.0 Å². The summed E-state index contributed by atoms with van der Waals surface area (Å²) in [4.78, 5) is 0. The van der Waals surface area contributed by atoms with Gasteiger partial charge < -0.3 is 14.6 Å². The smallest absolute Gasteiger partial charge is 0.161 e. The topological polar surface area (TPSA) is 38.7 Å². The SMILES string of the molecule is COc1cc([C@H](C)O)ccc1OC1CCC(C)CC1. The van der Waals surface area contributed by atoms with Gasteiger partial charge in [-0.05, 0) is 56.2 Å². The molecular formula is C16H24O3. The summed E-state index contributed by atoms with van der Waals surface area (Å²) in [5.41, 5.74) is 0.849. The van der Waals surface area contributed by atoms with Gasteiger partial charge in [-0.15, -0.1) is 0 Å². The van der Waals surface area contributed by atoms with E-state index in [0.717, 1.165) is 30.1 Å². The summed E-state index contributed by atoms with van der Waals surface area (Å²) in [6.07, 6.45) is 4.50. The molecule has 1 aromatic rings. The number of rotatable bonds is 4. The number of ether oxygens (including phenoxy) is 2. The van der Waals surface area contributed by atoms with E-state index >= 15 is 0 Å². The summed E-state index contributed by atoms with van der Waals surface area (Å²) < 4.78 is 11.4. The van der Waals surface area contributed by atoms with Gasteiger partial charge >= 0.3 is 0 Å². The maximum absolute atomic E-state index is 9.59. The summed E-state index contributed by atoms with van der Waals surface area (Å²) >= 11 is 0. The molecule has 2 rings (SSSR count). The minimum atomic E-state index is -0.488. The molecule has 0 heterocycles. The van der Waals surface area contributed by atoms with Crippen LogP contribution in [0.15, 0.2) is 18.2 Å². The molecule has 1 aliphatic rings. The summed E-state index contributed by atoms with van der Waals surface area (Å²) in [6, 6.07) is 5.65. The zero-order valence-electron chi connectivity index (χ0n) is 12.1. The molecule has 1 aliphatic carbocycles. The van der Waals surface area contributed by atoms with E-state index in [9.17, 15) is 5.11 Å². The number of hydrogen-bond donors (Lipinski definition) is 1. The summed E-state index contributed by atoms with van der Waals surface area (Å²) in [5, 5.41) is 9.59. The fraction of sp³-hybridized carbons (Fsp3) is 0.625. The first-order valence-corrected chi connectivity index (χ1v) is 7.12. The lowest BCUT2D eigenvalue weighted by Gasteiger charge is -2.27. The third-order valence-electron chi connectivity index (χ3n) is 3.93. The van der Waals surface area contributed by atoms with Gasteiger partial charge in [-0.1, -0.05) is 13.0 Å². The van der Waals surface area contributed by atoms with Crippen molar-refractivity contribution < 1.29 is 14.6 Å². The molecule has 106 valence electrons. The zero-order valence-corrected chi connectivity index (χ0v) is 12.1. The number of benzene rings is 1. The van der Waals surface area contributed by atoms with Crippen LogP contribution in [0.25, 0.3) is 0 Å². The van der Waals surface area contributed by atoms with Crippen LogP contribution in [-0.4, -0.2) is 18.3 Å². The highest BCUT2D eigenvalue weighted by Gasteiger charge is 2.21. The Morgan fingerprint density at radius 3 is 2.42 bits per heavy atom. The van der Waals surface area contributed by atoms with Crippen LogP contribution >= 0.6 is 0 Å². The summed E-state index contributed by atoms with van der Waals surface area (Å²) in [6.45, 7) is 4.05. The monoisotopic (exact) mass is 264 g/mol. The Morgan fingerprint density at radius 2 is 1.84 bits per heavy atom. The molecule has 1 saturated carbocycles. The van der Waals surface area contributed by atoms with Crippen molar-refractivity contribution in [2.75, 3.05) is 7.11 Å². The average molecular weight is 264 g/mol. The van der Waals surface area contributed by atoms with E-state index in [-0.39, 0.29) is 0 Å². The van der Waals surface area contributed by atoms with Crippen molar-refractivity contribution >= 4 is 0 Å². The standard InChI is InChI=1S/C16H24O3/c1-11-4-7-14(8-5-11)19-15-9-6-13(12(2)17)10-16(15)18-3/h6,9-12,14,17H,4-5,7-8H2,1-3H3/t11?,12-,14?/m0/s1. The molecule has 3 nitrogen and oxygen atoms in total. The average Bonchev–Trinajstić information content (AvgIpc) is 2.41. The molecule has 0 bridgehead atoms. The van der Waals surface area contributed by atoms with Crippen molar-refractivity contribution in [2.45, 2.75) is 51.7 Å². The third-order valence-corrected chi connectivity index (χ3v) is 3.93. The molecule has 3 heteroatoms. The van der Waals surface area contributed by atoms with E-state index in [4.69, 9.17) is 9.47 Å². The van der Waals surface area contributed by atoms with Gasteiger partial charge in [0, 0.05) is 0 Å². The third kappa shape index (κ3) is 3.63. The fourth-order valence-electron chi connectivity index (χ4n) is 2.57. The summed E-state index contributed by atoms with van der Waals surface area (Å²) in [5.74, 6) is 2.31. The van der Waals surface area contributed by atoms with E-state index in [0.29, 0.717) is 11.9 Å². The minimum Gasteiger partial charge on any atom is -0.493 e. The Morgan fingerprint density at radius 1 is 1.16 bits per heavy atom. The highest BCUT2D eigenvalue weighted by atomic mass is 16.5. The molecule has 0 unspecified atom stereocenters. The molecule has 0 radical (unpaired) electrons. The number of hydrogen-bond acceptors (Lipinski definition) is 3. The summed E-state index contributed by atoms with van der Waals surface area (Å²) in [7, 11) is 1.64. The van der Waals surface area contributed by atoms with Crippen LogP contribution in [0.4, 0.5) is 0 Å². The molecule has 0 aliphatic heterocycles. The van der Waals surface area contributed by atoms with E-state index in [1.807, 2.05) is 18.2 Å². The number of aliphatic hydroxyl groups is 1. The van der Waals surface area contributed by atoms with Crippen LogP contribution in [0.5, 0.6) is 11.5 Å². The number of aliphatic hydroxyl groups excluding tert-OH is 1. The van der Waals surface area contributed by atoms with Gasteiger partial charge in [0.25, 0.3) is 0 Å². The highest BCUT2D eigenvalue weighted by Crippen LogP contribution is 2.34. The Bertz CT molecular complexity index is 406. The maximum Gasteiger partial charge on any atom is 0.161 e. The second-order valence-corrected chi connectivity index (χ2v) is 5.59. The molecule has 1 fully saturated rings. The molecule has 0 aromatic heterocycles. The lowest BCUT2D eigenvalue weighted by Crippen LogP contribution is -2.23. The molecule has 1 aromatic carbocycles. The fourth-order valence-corrected chi connectivity index (χ4v) is 2.57. The van der Waals surface area contributed by atoms with Crippen molar-refractivity contribution in [3.8, 4) is 11.5 Å². The molecule has 19 heavy (non-hydrogen) atoms. The first-order valence-electron chi connectivity index (χ1n) is 7.12. The van der Waals surface area contributed by atoms with Crippen LogP contribution in [0, 0.1) is 5.92 Å². The zero-order chi connectivity index (χ0) is 13.8.